The number of benzene rings is 2. The topological polar surface area (TPSA) is 85.8 Å². The fraction of sp³-hybridized carbons (Fsp3) is 0.238. The van der Waals surface area contributed by atoms with Crippen LogP contribution in [-0.2, 0) is 12.1 Å². The Morgan fingerprint density at radius 3 is 2.70 bits per heavy atom. The molecule has 1 N–H and O–H groups in total. The minimum atomic E-state index is -1.95. The lowest BCUT2D eigenvalue weighted by atomic mass is 9.86. The smallest absolute Gasteiger partial charge is 0.261 e. The first-order valence-corrected chi connectivity index (χ1v) is 9.28. The number of rotatable bonds is 5. The van der Waals surface area contributed by atoms with Crippen molar-refractivity contribution in [2.24, 2.45) is 0 Å². The van der Waals surface area contributed by atoms with Gasteiger partial charge in [-0.2, -0.15) is 5.10 Å². The van der Waals surface area contributed by atoms with Gasteiger partial charge in [0.25, 0.3) is 5.56 Å². The first-order chi connectivity index (χ1) is 14.3. The summed E-state index contributed by atoms with van der Waals surface area (Å²) in [6.45, 7) is 3.16. The average molecular weight is 411 g/mol. The summed E-state index contributed by atoms with van der Waals surface area (Å²) in [5.74, 6) is -1.70. The summed E-state index contributed by atoms with van der Waals surface area (Å²) < 4.78 is 30.8. The Morgan fingerprint density at radius 2 is 2.00 bits per heavy atom. The molecule has 4 aromatic rings. The first-order valence-electron chi connectivity index (χ1n) is 9.28. The first kappa shape index (κ1) is 19.8. The van der Waals surface area contributed by atoms with Crippen LogP contribution in [-0.4, -0.2) is 29.4 Å². The molecule has 154 valence electrons. The van der Waals surface area contributed by atoms with Crippen LogP contribution >= 0.6 is 0 Å². The summed E-state index contributed by atoms with van der Waals surface area (Å²) in [5, 5.41) is 16.1. The van der Waals surface area contributed by atoms with E-state index in [1.54, 1.807) is 32.0 Å². The summed E-state index contributed by atoms with van der Waals surface area (Å²) in [6, 6.07) is 7.27. The Balaban J connectivity index is 1.91. The lowest BCUT2D eigenvalue weighted by Gasteiger charge is -2.35. The van der Waals surface area contributed by atoms with Crippen molar-refractivity contribution in [3.8, 4) is 0 Å². The third-order valence-corrected chi connectivity index (χ3v) is 5.40. The van der Waals surface area contributed by atoms with Gasteiger partial charge in [-0.05, 0) is 31.5 Å². The second-order valence-electron chi connectivity index (χ2n) is 7.24. The highest BCUT2D eigenvalue weighted by Gasteiger charge is 2.41. The van der Waals surface area contributed by atoms with Gasteiger partial charge in [-0.3, -0.25) is 9.36 Å². The van der Waals surface area contributed by atoms with Crippen LogP contribution in [0.4, 0.5) is 8.78 Å². The molecule has 4 rings (SSSR count). The monoisotopic (exact) mass is 411 g/mol. The third-order valence-electron chi connectivity index (χ3n) is 5.40. The normalized spacial score (nSPS) is 14.6. The Morgan fingerprint density at radius 1 is 1.20 bits per heavy atom. The summed E-state index contributed by atoms with van der Waals surface area (Å²) in [6.07, 6.45) is 3.96. The standard InChI is InChI=1S/C21H19F2N5O2/c1-13-4-3-5-18-19(13)20(29)28(12-25-18)14(2)21(30,9-27-11-24-10-26-27)16-7-6-15(22)8-17(16)23/h3-8,10-12,14,30H,9H2,1-2H3/t14-,21-/m1/s1. The van der Waals surface area contributed by atoms with Crippen molar-refractivity contribution >= 4 is 10.9 Å². The molecular weight excluding hydrogens is 392 g/mol. The lowest BCUT2D eigenvalue weighted by Crippen LogP contribution is -2.43. The number of hydrogen-bond acceptors (Lipinski definition) is 5. The Labute approximate surface area is 170 Å². The summed E-state index contributed by atoms with van der Waals surface area (Å²) >= 11 is 0. The van der Waals surface area contributed by atoms with Gasteiger partial charge in [0, 0.05) is 11.6 Å². The maximum Gasteiger partial charge on any atom is 0.261 e. The highest BCUT2D eigenvalue weighted by molar-refractivity contribution is 5.80. The number of nitrogens with zero attached hydrogens (tertiary/aromatic N) is 5. The van der Waals surface area contributed by atoms with Gasteiger partial charge in [0.15, 0.2) is 0 Å². The number of aryl methyl sites for hydroxylation is 1. The van der Waals surface area contributed by atoms with E-state index in [-0.39, 0.29) is 17.7 Å². The van der Waals surface area contributed by atoms with E-state index in [2.05, 4.69) is 15.1 Å². The van der Waals surface area contributed by atoms with Gasteiger partial charge in [-0.25, -0.2) is 23.4 Å². The molecule has 2 aromatic carbocycles. The minimum Gasteiger partial charge on any atom is -0.381 e. The van der Waals surface area contributed by atoms with Crippen molar-refractivity contribution in [3.05, 3.63) is 88.5 Å². The van der Waals surface area contributed by atoms with Crippen LogP contribution in [0.1, 0.15) is 24.1 Å². The van der Waals surface area contributed by atoms with Crippen molar-refractivity contribution in [3.63, 3.8) is 0 Å². The second-order valence-corrected chi connectivity index (χ2v) is 7.24. The molecule has 0 aliphatic rings. The van der Waals surface area contributed by atoms with E-state index < -0.39 is 23.3 Å². The molecule has 2 atom stereocenters. The molecule has 2 aromatic heterocycles. The van der Waals surface area contributed by atoms with Gasteiger partial charge >= 0.3 is 0 Å². The van der Waals surface area contributed by atoms with E-state index in [9.17, 15) is 18.7 Å². The lowest BCUT2D eigenvalue weighted by molar-refractivity contribution is -0.0343. The Kier molecular flexibility index (Phi) is 4.90. The highest BCUT2D eigenvalue weighted by atomic mass is 19.1. The summed E-state index contributed by atoms with van der Waals surface area (Å²) in [4.78, 5) is 21.4. The Bertz CT molecular complexity index is 1270. The zero-order valence-electron chi connectivity index (χ0n) is 16.3. The number of aromatic nitrogens is 5. The van der Waals surface area contributed by atoms with Crippen LogP contribution < -0.4 is 5.56 Å². The van der Waals surface area contributed by atoms with Gasteiger partial charge < -0.3 is 5.11 Å². The van der Waals surface area contributed by atoms with E-state index in [0.717, 1.165) is 11.6 Å². The molecule has 0 unspecified atom stereocenters. The van der Waals surface area contributed by atoms with E-state index in [1.807, 2.05) is 0 Å². The molecule has 0 saturated carbocycles. The number of halogens is 2. The van der Waals surface area contributed by atoms with Crippen molar-refractivity contribution in [1.82, 2.24) is 24.3 Å². The maximum atomic E-state index is 14.7. The van der Waals surface area contributed by atoms with Crippen LogP contribution in [0.3, 0.4) is 0 Å². The van der Waals surface area contributed by atoms with Crippen molar-refractivity contribution in [1.29, 1.82) is 0 Å². The third kappa shape index (κ3) is 3.26. The van der Waals surface area contributed by atoms with E-state index in [4.69, 9.17) is 0 Å². The molecule has 0 fully saturated rings. The van der Waals surface area contributed by atoms with Crippen molar-refractivity contribution in [2.75, 3.05) is 0 Å². The number of hydrogen-bond donors (Lipinski definition) is 1. The number of fused-ring (bicyclic) bond motifs is 1. The van der Waals surface area contributed by atoms with Gasteiger partial charge in [0.1, 0.15) is 29.9 Å². The molecule has 7 nitrogen and oxygen atoms in total. The van der Waals surface area contributed by atoms with E-state index in [0.29, 0.717) is 17.0 Å². The zero-order chi connectivity index (χ0) is 21.5. The molecule has 0 spiro atoms. The largest absolute Gasteiger partial charge is 0.381 e. The molecule has 0 radical (unpaired) electrons. The zero-order valence-corrected chi connectivity index (χ0v) is 16.3. The molecule has 0 aliphatic heterocycles. The molecule has 2 heterocycles. The molecule has 30 heavy (non-hydrogen) atoms. The maximum absolute atomic E-state index is 14.7. The van der Waals surface area contributed by atoms with Gasteiger partial charge in [-0.15, -0.1) is 0 Å². The molecule has 0 aliphatic carbocycles. The molecule has 0 amide bonds. The van der Waals surface area contributed by atoms with Crippen molar-refractivity contribution < 1.29 is 13.9 Å². The van der Waals surface area contributed by atoms with Gasteiger partial charge in [0.05, 0.1) is 29.8 Å². The van der Waals surface area contributed by atoms with Crippen LogP contribution in [0.5, 0.6) is 0 Å². The molecular formula is C21H19F2N5O2. The fourth-order valence-corrected chi connectivity index (χ4v) is 3.69. The predicted octanol–water partition coefficient (Wildman–Crippen LogP) is 2.72. The molecule has 9 heteroatoms. The number of aliphatic hydroxyl groups is 1. The highest BCUT2D eigenvalue weighted by Crippen LogP contribution is 2.36. The fourth-order valence-electron chi connectivity index (χ4n) is 3.69. The molecule has 0 bridgehead atoms. The molecule has 0 saturated heterocycles. The van der Waals surface area contributed by atoms with Gasteiger partial charge in [0.2, 0.25) is 0 Å². The predicted molar refractivity (Wildman–Crippen MR) is 106 cm³/mol. The minimum absolute atomic E-state index is 0.163. The van der Waals surface area contributed by atoms with Crippen LogP contribution in [0, 0.1) is 18.6 Å². The van der Waals surface area contributed by atoms with E-state index in [1.165, 1.54) is 34.3 Å². The second kappa shape index (κ2) is 7.42. The van der Waals surface area contributed by atoms with Crippen LogP contribution in [0.15, 0.2) is 60.2 Å². The average Bonchev–Trinajstić information content (AvgIpc) is 3.20. The van der Waals surface area contributed by atoms with Crippen molar-refractivity contribution in [2.45, 2.75) is 32.0 Å². The van der Waals surface area contributed by atoms with Gasteiger partial charge in [-0.1, -0.05) is 18.2 Å². The quantitative estimate of drug-likeness (QED) is 0.546. The summed E-state index contributed by atoms with van der Waals surface area (Å²) in [5.41, 5.74) is -1.22. The van der Waals surface area contributed by atoms with E-state index >= 15 is 0 Å². The summed E-state index contributed by atoms with van der Waals surface area (Å²) in [7, 11) is 0. The Hall–Kier alpha value is -3.46. The van der Waals surface area contributed by atoms with Crippen LogP contribution in [0.25, 0.3) is 10.9 Å². The SMILES string of the molecule is Cc1cccc2ncn([C@H](C)[C@](O)(Cn3cncn3)c3ccc(F)cc3F)c(=O)c12. The van der Waals surface area contributed by atoms with Crippen LogP contribution in [0.2, 0.25) is 0 Å².